The van der Waals surface area contributed by atoms with Crippen LogP contribution in [0.25, 0.3) is 22.6 Å². The average Bonchev–Trinajstić information content (AvgIpc) is 3.64. The number of ether oxygens (including phenoxy) is 1. The fourth-order valence-corrected chi connectivity index (χ4v) is 5.42. The van der Waals surface area contributed by atoms with Crippen LogP contribution in [0, 0.1) is 20.8 Å². The first-order chi connectivity index (χ1) is 19.7. The number of hydrogen-bond donors (Lipinski definition) is 3. The molecule has 0 aliphatic carbocycles. The number of aliphatic hydroxyl groups excluding tert-OH is 3. The molecule has 0 amide bonds. The first-order valence-corrected chi connectivity index (χ1v) is 14.1. The smallest absolute Gasteiger partial charge is 0.163 e. The average molecular weight is 583 g/mol. The highest BCUT2D eigenvalue weighted by atomic mass is 35.5. The predicted molar refractivity (Wildman–Crippen MR) is 154 cm³/mol. The van der Waals surface area contributed by atoms with Gasteiger partial charge in [-0.05, 0) is 45.4 Å². The summed E-state index contributed by atoms with van der Waals surface area (Å²) < 4.78 is 13.0. The second-order valence-electron chi connectivity index (χ2n) is 10.4. The monoisotopic (exact) mass is 582 g/mol. The molecule has 0 fully saturated rings. The second kappa shape index (κ2) is 12.2. The quantitative estimate of drug-likeness (QED) is 0.236. The van der Waals surface area contributed by atoms with Crippen molar-refractivity contribution in [2.75, 3.05) is 24.7 Å². The summed E-state index contributed by atoms with van der Waals surface area (Å²) in [4.78, 5) is 12.1. The molecule has 0 unspecified atom stereocenters. The molecule has 5 rings (SSSR count). The molecule has 0 saturated carbocycles. The van der Waals surface area contributed by atoms with Crippen LogP contribution >= 0.6 is 11.6 Å². The Labute approximate surface area is 243 Å². The maximum atomic E-state index is 10.1. The van der Waals surface area contributed by atoms with Gasteiger partial charge in [-0.1, -0.05) is 30.1 Å². The molecular weight excluding hydrogens is 548 g/mol. The number of rotatable bonds is 11. The van der Waals surface area contributed by atoms with Gasteiger partial charge in [0.1, 0.15) is 23.9 Å². The molecule has 1 aromatic carbocycles. The lowest BCUT2D eigenvalue weighted by Crippen LogP contribution is -2.24. The highest BCUT2D eigenvalue weighted by Gasteiger charge is 2.30. The Morgan fingerprint density at radius 1 is 1.12 bits per heavy atom. The van der Waals surface area contributed by atoms with E-state index < -0.39 is 12.1 Å². The van der Waals surface area contributed by atoms with Crippen molar-refractivity contribution in [3.8, 4) is 28.4 Å². The molecule has 3 aromatic heterocycles. The summed E-state index contributed by atoms with van der Waals surface area (Å²) in [5, 5.41) is 38.7. The van der Waals surface area contributed by atoms with E-state index in [1.165, 1.54) is 0 Å². The van der Waals surface area contributed by atoms with E-state index in [0.717, 1.165) is 28.8 Å². The highest BCUT2D eigenvalue weighted by Crippen LogP contribution is 2.39. The molecule has 0 bridgehead atoms. The van der Waals surface area contributed by atoms with E-state index >= 15 is 0 Å². The van der Waals surface area contributed by atoms with Crippen LogP contribution in [0.15, 0.2) is 28.9 Å². The molecule has 12 heteroatoms. The van der Waals surface area contributed by atoms with Crippen LogP contribution in [0.4, 0.5) is 5.82 Å². The summed E-state index contributed by atoms with van der Waals surface area (Å²) in [6, 6.07) is 4.77. The van der Waals surface area contributed by atoms with Gasteiger partial charge >= 0.3 is 0 Å². The van der Waals surface area contributed by atoms with Crippen LogP contribution in [0.1, 0.15) is 54.1 Å². The standard InChI is InChI=1S/C29H35ClN6O5/c1-5-6-21(39)15-40-22-7-8-24(30)23(9-22)28-32-27(26-17(3)34-41-18(26)4)16(2)29(33-28)35-11-19-10-31-36(25(19)12-35)20(13-37)14-38/h7-10,20-21,37-39H,5-6,11-15H2,1-4H3/t21-/m1/s1. The number of fused-ring (bicyclic) bond motifs is 1. The molecule has 1 aliphatic rings. The Hall–Kier alpha value is -3.51. The fourth-order valence-electron chi connectivity index (χ4n) is 5.22. The molecular formula is C29H35ClN6O5. The predicted octanol–water partition coefficient (Wildman–Crippen LogP) is 4.16. The lowest BCUT2D eigenvalue weighted by Gasteiger charge is -2.23. The van der Waals surface area contributed by atoms with Gasteiger partial charge in [-0.2, -0.15) is 5.10 Å². The normalized spacial score (nSPS) is 13.7. The zero-order chi connectivity index (χ0) is 29.3. The van der Waals surface area contributed by atoms with Crippen molar-refractivity contribution >= 4 is 17.4 Å². The number of anilines is 1. The molecule has 4 heterocycles. The number of aliphatic hydroxyl groups is 3. The van der Waals surface area contributed by atoms with Crippen LogP contribution in [0.2, 0.25) is 5.02 Å². The van der Waals surface area contributed by atoms with Gasteiger partial charge in [0.15, 0.2) is 5.82 Å². The molecule has 0 spiro atoms. The Morgan fingerprint density at radius 2 is 1.90 bits per heavy atom. The van der Waals surface area contributed by atoms with Gasteiger partial charge in [-0.3, -0.25) is 4.68 Å². The van der Waals surface area contributed by atoms with Crippen molar-refractivity contribution in [2.45, 2.75) is 65.8 Å². The number of hydrogen-bond acceptors (Lipinski definition) is 10. The van der Waals surface area contributed by atoms with Gasteiger partial charge in [0.25, 0.3) is 0 Å². The van der Waals surface area contributed by atoms with Crippen molar-refractivity contribution in [2.24, 2.45) is 0 Å². The Bertz CT molecular complexity index is 1510. The Balaban J connectivity index is 1.58. The van der Waals surface area contributed by atoms with Gasteiger partial charge in [0, 0.05) is 23.2 Å². The van der Waals surface area contributed by atoms with E-state index in [2.05, 4.69) is 15.2 Å². The van der Waals surface area contributed by atoms with E-state index in [9.17, 15) is 15.3 Å². The van der Waals surface area contributed by atoms with E-state index in [0.29, 0.717) is 64.6 Å². The number of halogens is 1. The van der Waals surface area contributed by atoms with E-state index in [1.807, 2.05) is 27.7 Å². The molecule has 218 valence electrons. The number of nitrogens with zero attached hydrogens (tertiary/aromatic N) is 6. The maximum Gasteiger partial charge on any atom is 0.163 e. The van der Waals surface area contributed by atoms with Gasteiger partial charge < -0.3 is 29.5 Å². The molecule has 11 nitrogen and oxygen atoms in total. The molecule has 0 saturated heterocycles. The summed E-state index contributed by atoms with van der Waals surface area (Å²) in [6.45, 7) is 8.47. The molecule has 41 heavy (non-hydrogen) atoms. The van der Waals surface area contributed by atoms with Gasteiger partial charge in [0.2, 0.25) is 0 Å². The van der Waals surface area contributed by atoms with Crippen LogP contribution in [0.5, 0.6) is 5.75 Å². The fraction of sp³-hybridized carbons (Fsp3) is 0.448. The number of aromatic nitrogens is 5. The van der Waals surface area contributed by atoms with Crippen molar-refractivity contribution in [3.63, 3.8) is 0 Å². The van der Waals surface area contributed by atoms with Crippen LogP contribution in [-0.2, 0) is 13.1 Å². The summed E-state index contributed by atoms with van der Waals surface area (Å²) in [5.74, 6) is 2.31. The minimum atomic E-state index is -0.559. The van der Waals surface area contributed by atoms with Crippen molar-refractivity contribution in [3.05, 3.63) is 57.7 Å². The first kappa shape index (κ1) is 29.0. The minimum absolute atomic E-state index is 0.172. The molecule has 0 radical (unpaired) electrons. The molecule has 4 aromatic rings. The summed E-state index contributed by atoms with van der Waals surface area (Å²) in [7, 11) is 0. The zero-order valence-electron chi connectivity index (χ0n) is 23.6. The Kier molecular flexibility index (Phi) is 8.60. The second-order valence-corrected chi connectivity index (χ2v) is 10.8. The highest BCUT2D eigenvalue weighted by molar-refractivity contribution is 6.33. The van der Waals surface area contributed by atoms with Crippen LogP contribution < -0.4 is 9.64 Å². The lowest BCUT2D eigenvalue weighted by atomic mass is 10.0. The van der Waals surface area contributed by atoms with Crippen molar-refractivity contribution < 1.29 is 24.6 Å². The van der Waals surface area contributed by atoms with Gasteiger partial charge in [0.05, 0.1) is 65.8 Å². The lowest BCUT2D eigenvalue weighted by molar-refractivity contribution is 0.0994. The third-order valence-electron chi connectivity index (χ3n) is 7.39. The topological polar surface area (TPSA) is 143 Å². The largest absolute Gasteiger partial charge is 0.491 e. The minimum Gasteiger partial charge on any atom is -0.491 e. The molecule has 3 N–H and O–H groups in total. The van der Waals surface area contributed by atoms with Crippen LogP contribution in [0.3, 0.4) is 0 Å². The number of aryl methyl sites for hydroxylation is 2. The van der Waals surface area contributed by atoms with E-state index in [-0.39, 0.29) is 19.8 Å². The van der Waals surface area contributed by atoms with Gasteiger partial charge in [-0.15, -0.1) is 0 Å². The third kappa shape index (κ3) is 5.67. The third-order valence-corrected chi connectivity index (χ3v) is 7.72. The molecule has 1 aliphatic heterocycles. The first-order valence-electron chi connectivity index (χ1n) is 13.7. The van der Waals surface area contributed by atoms with Crippen molar-refractivity contribution in [1.82, 2.24) is 24.9 Å². The Morgan fingerprint density at radius 3 is 2.59 bits per heavy atom. The summed E-state index contributed by atoms with van der Waals surface area (Å²) in [6.07, 6.45) is 2.72. The SMILES string of the molecule is CCC[C@@H](O)COc1ccc(Cl)c(-c2nc(-c3c(C)noc3C)c(C)c(N3Cc4cnn(C(CO)CO)c4C3)n2)c1. The van der Waals surface area contributed by atoms with Crippen LogP contribution in [-0.4, -0.2) is 66.1 Å². The maximum absolute atomic E-state index is 10.1. The van der Waals surface area contributed by atoms with E-state index in [1.54, 1.807) is 29.1 Å². The zero-order valence-corrected chi connectivity index (χ0v) is 24.4. The molecule has 1 atom stereocenters. The van der Waals surface area contributed by atoms with Crippen molar-refractivity contribution in [1.29, 1.82) is 0 Å². The summed E-state index contributed by atoms with van der Waals surface area (Å²) in [5.41, 5.74) is 5.53. The summed E-state index contributed by atoms with van der Waals surface area (Å²) >= 11 is 6.69. The number of benzene rings is 1. The van der Waals surface area contributed by atoms with Gasteiger partial charge in [-0.25, -0.2) is 9.97 Å². The van der Waals surface area contributed by atoms with E-state index in [4.69, 9.17) is 30.8 Å².